The number of aryl methyl sites for hydroxylation is 3. The van der Waals surface area contributed by atoms with E-state index in [2.05, 4.69) is 167 Å². The van der Waals surface area contributed by atoms with Gasteiger partial charge in [0, 0.05) is 27.1 Å². The zero-order chi connectivity index (χ0) is 44.6. The van der Waals surface area contributed by atoms with Gasteiger partial charge in [0.1, 0.15) is 0 Å². The van der Waals surface area contributed by atoms with Crippen LogP contribution >= 0.6 is 0 Å². The van der Waals surface area contributed by atoms with E-state index in [-0.39, 0.29) is 0 Å². The van der Waals surface area contributed by atoms with Gasteiger partial charge in [-0.2, -0.15) is 13.2 Å². The number of hydrogen-bond acceptors (Lipinski definition) is 0. The SMILES string of the molecule is [C-]#[N+]c1ccc(-n2c3ccccc3c3cc(-c4cccc(C)c4)ccc32)c(-c2ccc(-c3ccc(C(F)(F)F)cc3C)cc2-n2c3ccccc3c3cc(-c4cccc(C)c4)ccc32)c1. The van der Waals surface area contributed by atoms with Crippen LogP contribution in [0.1, 0.15) is 22.3 Å². The highest BCUT2D eigenvalue weighted by atomic mass is 19.4. The number of aromatic nitrogens is 2. The molecular weight excluding hydrogens is 808 g/mol. The Bertz CT molecular complexity index is 3760. The third-order valence-electron chi connectivity index (χ3n) is 12.8. The monoisotopic (exact) mass is 847 g/mol. The maximum atomic E-state index is 13.9. The number of halogens is 3. The Hall–Kier alpha value is -8.14. The summed E-state index contributed by atoms with van der Waals surface area (Å²) in [5.41, 5.74) is 16.1. The lowest BCUT2D eigenvalue weighted by Crippen LogP contribution is -2.05. The number of alkyl halides is 3. The van der Waals surface area contributed by atoms with Crippen LogP contribution in [0.25, 0.3) is 104 Å². The Balaban J connectivity index is 1.21. The van der Waals surface area contributed by atoms with Crippen molar-refractivity contribution < 1.29 is 13.2 Å². The average molecular weight is 848 g/mol. The molecule has 2 heterocycles. The van der Waals surface area contributed by atoms with Gasteiger partial charge in [0.05, 0.1) is 45.6 Å². The van der Waals surface area contributed by atoms with Crippen molar-refractivity contribution in [2.75, 3.05) is 0 Å². The van der Waals surface area contributed by atoms with Crippen LogP contribution in [0.3, 0.4) is 0 Å². The van der Waals surface area contributed by atoms with Crippen LogP contribution < -0.4 is 0 Å². The third-order valence-corrected chi connectivity index (χ3v) is 12.8. The quantitative estimate of drug-likeness (QED) is 0.148. The van der Waals surface area contributed by atoms with Crippen molar-refractivity contribution in [2.24, 2.45) is 0 Å². The summed E-state index contributed by atoms with van der Waals surface area (Å²) in [4.78, 5) is 3.94. The van der Waals surface area contributed by atoms with E-state index in [1.165, 1.54) is 17.2 Å². The van der Waals surface area contributed by atoms with Crippen LogP contribution in [0.2, 0.25) is 0 Å². The van der Waals surface area contributed by atoms with Gasteiger partial charge in [0.2, 0.25) is 0 Å². The molecule has 0 fully saturated rings. The van der Waals surface area contributed by atoms with Gasteiger partial charge in [-0.05, 0) is 132 Å². The van der Waals surface area contributed by atoms with Crippen LogP contribution in [-0.2, 0) is 6.18 Å². The van der Waals surface area contributed by atoms with Crippen molar-refractivity contribution in [3.63, 3.8) is 0 Å². The summed E-state index contributed by atoms with van der Waals surface area (Å²) >= 11 is 0. The summed E-state index contributed by atoms with van der Waals surface area (Å²) in [7, 11) is 0. The van der Waals surface area contributed by atoms with Gasteiger partial charge in [-0.15, -0.1) is 0 Å². The van der Waals surface area contributed by atoms with Crippen molar-refractivity contribution in [2.45, 2.75) is 26.9 Å². The van der Waals surface area contributed by atoms with Crippen molar-refractivity contribution >= 4 is 49.3 Å². The molecular formula is C59H40F3N3. The van der Waals surface area contributed by atoms with Crippen molar-refractivity contribution in [1.29, 1.82) is 0 Å². The molecule has 65 heavy (non-hydrogen) atoms. The number of nitrogens with zero attached hydrogens (tertiary/aromatic N) is 3. The first-order valence-corrected chi connectivity index (χ1v) is 21.6. The van der Waals surface area contributed by atoms with Crippen LogP contribution in [0.5, 0.6) is 0 Å². The molecule has 3 nitrogen and oxygen atoms in total. The number of para-hydroxylation sites is 2. The van der Waals surface area contributed by atoms with E-state index in [9.17, 15) is 13.2 Å². The standard InChI is InChI=1S/C59H40F3N3/c1-36-11-9-13-39(29-36)41-20-26-55-50(32-41)47-15-5-7-17-53(47)64(55)57-28-23-45(63-4)35-52(57)49-24-19-43(46-25-22-44(31-38(46)3)59(60,61)62)34-58(49)65-54-18-8-6-16-48(54)51-33-42(21-27-56(51)65)40-14-10-12-37(2)30-40/h5-35H,1-3H3. The van der Waals surface area contributed by atoms with E-state index in [1.807, 2.05) is 30.3 Å². The highest BCUT2D eigenvalue weighted by Gasteiger charge is 2.31. The first-order chi connectivity index (χ1) is 31.5. The van der Waals surface area contributed by atoms with Crippen LogP contribution in [-0.4, -0.2) is 9.13 Å². The van der Waals surface area contributed by atoms with E-state index in [0.29, 0.717) is 16.8 Å². The molecule has 0 unspecified atom stereocenters. The van der Waals surface area contributed by atoms with Gasteiger partial charge in [-0.3, -0.25) is 0 Å². The van der Waals surface area contributed by atoms with Crippen LogP contribution in [0.15, 0.2) is 188 Å². The smallest absolute Gasteiger partial charge is 0.309 e. The molecule has 0 amide bonds. The molecule has 0 aliphatic rings. The fraction of sp³-hybridized carbons (Fsp3) is 0.0678. The fourth-order valence-corrected chi connectivity index (χ4v) is 9.75. The summed E-state index contributed by atoms with van der Waals surface area (Å²) < 4.78 is 46.4. The Morgan fingerprint density at radius 1 is 0.400 bits per heavy atom. The summed E-state index contributed by atoms with van der Waals surface area (Å²) in [6, 6.07) is 63.0. The minimum absolute atomic E-state index is 0.491. The second-order valence-electron chi connectivity index (χ2n) is 17.0. The minimum Gasteiger partial charge on any atom is -0.309 e. The van der Waals surface area contributed by atoms with Gasteiger partial charge < -0.3 is 9.13 Å². The van der Waals surface area contributed by atoms with Gasteiger partial charge in [0.25, 0.3) is 0 Å². The molecule has 0 N–H and O–H groups in total. The van der Waals surface area contributed by atoms with Crippen molar-refractivity contribution in [1.82, 2.24) is 9.13 Å². The van der Waals surface area contributed by atoms with E-state index < -0.39 is 11.7 Å². The zero-order valence-electron chi connectivity index (χ0n) is 35.9. The Kier molecular flexibility index (Phi) is 9.34. The first-order valence-electron chi connectivity index (χ1n) is 21.6. The van der Waals surface area contributed by atoms with Gasteiger partial charge >= 0.3 is 6.18 Å². The number of hydrogen-bond donors (Lipinski definition) is 0. The highest BCUT2D eigenvalue weighted by molar-refractivity contribution is 6.13. The second-order valence-corrected chi connectivity index (χ2v) is 17.0. The molecule has 2 aromatic heterocycles. The predicted octanol–water partition coefficient (Wildman–Crippen LogP) is 17.0. The topological polar surface area (TPSA) is 14.2 Å². The minimum atomic E-state index is -4.46. The van der Waals surface area contributed by atoms with Gasteiger partial charge in [0.15, 0.2) is 5.69 Å². The maximum Gasteiger partial charge on any atom is 0.416 e. The fourth-order valence-electron chi connectivity index (χ4n) is 9.75. The van der Waals surface area contributed by atoms with E-state index in [1.54, 1.807) is 13.0 Å². The lowest BCUT2D eigenvalue weighted by Gasteiger charge is -2.21. The predicted molar refractivity (Wildman–Crippen MR) is 262 cm³/mol. The molecule has 6 heteroatoms. The van der Waals surface area contributed by atoms with Crippen LogP contribution in [0.4, 0.5) is 18.9 Å². The molecule has 0 spiro atoms. The average Bonchev–Trinajstić information content (AvgIpc) is 3.83. The molecule has 0 saturated carbocycles. The maximum absolute atomic E-state index is 13.9. The molecule has 0 radical (unpaired) electrons. The van der Waals surface area contributed by atoms with Gasteiger partial charge in [-0.25, -0.2) is 4.85 Å². The van der Waals surface area contributed by atoms with E-state index in [0.717, 1.165) is 100.0 Å². The summed E-state index contributed by atoms with van der Waals surface area (Å²) in [5.74, 6) is 0. The summed E-state index contributed by atoms with van der Waals surface area (Å²) in [6.45, 7) is 14.1. The molecule has 0 aliphatic heterocycles. The highest BCUT2D eigenvalue weighted by Crippen LogP contribution is 2.45. The lowest BCUT2D eigenvalue weighted by atomic mass is 9.93. The molecule has 0 atom stereocenters. The Labute approximate surface area is 374 Å². The number of rotatable bonds is 6. The molecule has 0 aliphatic carbocycles. The Morgan fingerprint density at radius 3 is 1.48 bits per heavy atom. The molecule has 9 aromatic carbocycles. The molecule has 0 saturated heterocycles. The zero-order valence-corrected chi connectivity index (χ0v) is 35.9. The largest absolute Gasteiger partial charge is 0.416 e. The summed E-state index contributed by atoms with van der Waals surface area (Å²) in [5, 5.41) is 4.36. The van der Waals surface area contributed by atoms with Crippen LogP contribution in [0, 0.1) is 27.3 Å². The van der Waals surface area contributed by atoms with E-state index >= 15 is 0 Å². The van der Waals surface area contributed by atoms with E-state index in [4.69, 9.17) is 6.57 Å². The van der Waals surface area contributed by atoms with Crippen molar-refractivity contribution in [3.05, 3.63) is 222 Å². The van der Waals surface area contributed by atoms with Gasteiger partial charge in [-0.1, -0.05) is 132 Å². The lowest BCUT2D eigenvalue weighted by molar-refractivity contribution is -0.137. The normalized spacial score (nSPS) is 11.8. The molecule has 312 valence electrons. The molecule has 11 rings (SSSR count). The number of fused-ring (bicyclic) bond motifs is 6. The number of benzene rings is 9. The first kappa shape index (κ1) is 39.7. The third kappa shape index (κ3) is 6.76. The summed E-state index contributed by atoms with van der Waals surface area (Å²) in [6.07, 6.45) is -4.46. The molecule has 11 aromatic rings. The molecule has 0 bridgehead atoms. The Morgan fingerprint density at radius 2 is 0.923 bits per heavy atom. The second kappa shape index (κ2) is 15.3. The van der Waals surface area contributed by atoms with Crippen molar-refractivity contribution in [3.8, 4) is 55.9 Å².